The van der Waals surface area contributed by atoms with Crippen LogP contribution >= 0.6 is 24.4 Å². The lowest BCUT2D eigenvalue weighted by Gasteiger charge is -1.99. The molecule has 72 valence electrons. The fourth-order valence-corrected chi connectivity index (χ4v) is 1.10. The summed E-state index contributed by atoms with van der Waals surface area (Å²) in [5.74, 6) is 0.768. The van der Waals surface area contributed by atoms with Crippen LogP contribution in [0.5, 0.6) is 0 Å². The summed E-state index contributed by atoms with van der Waals surface area (Å²) in [4.78, 5) is 1.87. The number of hydrogen-bond donors (Lipinski definition) is 2. The van der Waals surface area contributed by atoms with Gasteiger partial charge in [-0.2, -0.15) is 0 Å². The quantitative estimate of drug-likeness (QED) is 0.542. The van der Waals surface area contributed by atoms with Crippen LogP contribution in [0.25, 0.3) is 0 Å². The number of nitrogens with two attached hydrogens (primary N) is 1. The van der Waals surface area contributed by atoms with Gasteiger partial charge in [0.05, 0.1) is 0 Å². The Hall–Kier alpha value is -0.540. The molecule has 0 aromatic heterocycles. The van der Waals surface area contributed by atoms with E-state index in [9.17, 15) is 0 Å². The second-order valence-corrected chi connectivity index (χ2v) is 4.32. The lowest BCUT2D eigenvalue weighted by molar-refractivity contribution is 1.33. The molecule has 13 heavy (non-hydrogen) atoms. The van der Waals surface area contributed by atoms with Gasteiger partial charge in [-0.1, -0.05) is 19.2 Å². The van der Waals surface area contributed by atoms with Crippen LogP contribution in [0.3, 0.4) is 0 Å². The third kappa shape index (κ3) is 7.81. The van der Waals surface area contributed by atoms with Gasteiger partial charge in [-0.05, 0) is 24.0 Å². The highest BCUT2D eigenvalue weighted by atomic mass is 32.2. The first-order valence-electron chi connectivity index (χ1n) is 3.82. The van der Waals surface area contributed by atoms with Gasteiger partial charge in [0.2, 0.25) is 0 Å². The van der Waals surface area contributed by atoms with E-state index in [0.717, 1.165) is 21.3 Å². The second-order valence-electron chi connectivity index (χ2n) is 2.53. The zero-order chi connectivity index (χ0) is 10.3. The van der Waals surface area contributed by atoms with Crippen molar-refractivity contribution in [1.82, 2.24) is 0 Å². The molecule has 0 aliphatic rings. The monoisotopic (exact) mass is 213 g/mol. The van der Waals surface area contributed by atoms with Crippen molar-refractivity contribution in [3.63, 3.8) is 0 Å². The minimum Gasteiger partial charge on any atom is -0.401 e. The van der Waals surface area contributed by atoms with Crippen LogP contribution in [0, 0.1) is 0 Å². The Morgan fingerprint density at radius 2 is 2.15 bits per heavy atom. The maximum absolute atomic E-state index is 5.71. The molecule has 0 spiro atoms. The molecule has 1 nitrogen and oxygen atoms in total. The molecule has 0 saturated heterocycles. The molecule has 0 rings (SSSR count). The Morgan fingerprint density at radius 1 is 1.54 bits per heavy atom. The molecule has 0 atom stereocenters. The van der Waals surface area contributed by atoms with Crippen LogP contribution in [-0.2, 0) is 0 Å². The summed E-state index contributed by atoms with van der Waals surface area (Å²) in [6.07, 6.45) is 5.32. The minimum absolute atomic E-state index is 0.768. The first-order valence-corrected chi connectivity index (χ1v) is 5.25. The standard InChI is InChI=1S/C10H15NS2/c1-4-10(12)6-5-9(11)7-13-8(2)3/h4-6,12H,1-2,7,11H2,3H3/b9-5+,10-6+. The number of thiol groups is 1. The van der Waals surface area contributed by atoms with Gasteiger partial charge in [-0.15, -0.1) is 24.4 Å². The maximum atomic E-state index is 5.71. The van der Waals surface area contributed by atoms with E-state index >= 15 is 0 Å². The summed E-state index contributed by atoms with van der Waals surface area (Å²) in [7, 11) is 0. The predicted octanol–water partition coefficient (Wildman–Crippen LogP) is 3.10. The summed E-state index contributed by atoms with van der Waals surface area (Å²) in [6.45, 7) is 9.31. The fourth-order valence-electron chi connectivity index (χ4n) is 0.515. The molecule has 0 radical (unpaired) electrons. The Balaban J connectivity index is 4.02. The van der Waals surface area contributed by atoms with Crippen molar-refractivity contribution in [2.24, 2.45) is 5.73 Å². The lowest BCUT2D eigenvalue weighted by atomic mass is 10.4. The lowest BCUT2D eigenvalue weighted by Crippen LogP contribution is -1.99. The fraction of sp³-hybridized carbons (Fsp3) is 0.200. The van der Waals surface area contributed by atoms with E-state index in [1.54, 1.807) is 17.8 Å². The molecule has 0 unspecified atom stereocenters. The molecule has 2 N–H and O–H groups in total. The Labute approximate surface area is 89.9 Å². The number of rotatable bonds is 5. The molecule has 0 bridgehead atoms. The van der Waals surface area contributed by atoms with E-state index in [1.165, 1.54) is 0 Å². The Morgan fingerprint density at radius 3 is 2.62 bits per heavy atom. The normalized spacial score (nSPS) is 12.8. The predicted molar refractivity (Wildman–Crippen MR) is 66.8 cm³/mol. The molecule has 0 amide bonds. The van der Waals surface area contributed by atoms with Crippen LogP contribution in [0.15, 0.2) is 46.9 Å². The van der Waals surface area contributed by atoms with Crippen LogP contribution in [0.4, 0.5) is 0 Å². The molecular weight excluding hydrogens is 198 g/mol. The van der Waals surface area contributed by atoms with Crippen LogP contribution < -0.4 is 5.73 Å². The van der Waals surface area contributed by atoms with Gasteiger partial charge in [0.15, 0.2) is 0 Å². The minimum atomic E-state index is 0.768. The van der Waals surface area contributed by atoms with Crippen molar-refractivity contribution in [2.45, 2.75) is 6.92 Å². The molecule has 0 aromatic carbocycles. The number of hydrogen-bond acceptors (Lipinski definition) is 3. The molecule has 0 fully saturated rings. The summed E-state index contributed by atoms with van der Waals surface area (Å²) in [5.41, 5.74) is 6.52. The van der Waals surface area contributed by atoms with E-state index < -0.39 is 0 Å². The molecule has 0 aliphatic carbocycles. The van der Waals surface area contributed by atoms with Crippen molar-refractivity contribution in [1.29, 1.82) is 0 Å². The second kappa shape index (κ2) is 6.92. The van der Waals surface area contributed by atoms with Gasteiger partial charge >= 0.3 is 0 Å². The first-order chi connectivity index (χ1) is 6.06. The average molecular weight is 213 g/mol. The smallest absolute Gasteiger partial charge is 0.0374 e. The van der Waals surface area contributed by atoms with Gasteiger partial charge in [-0.3, -0.25) is 0 Å². The topological polar surface area (TPSA) is 26.0 Å². The van der Waals surface area contributed by atoms with E-state index in [0.29, 0.717) is 0 Å². The molecule has 0 aliphatic heterocycles. The van der Waals surface area contributed by atoms with Gasteiger partial charge < -0.3 is 5.73 Å². The average Bonchev–Trinajstić information content (AvgIpc) is 2.10. The summed E-state index contributed by atoms with van der Waals surface area (Å²) >= 11 is 5.76. The molecule has 0 heterocycles. The van der Waals surface area contributed by atoms with E-state index in [4.69, 9.17) is 5.73 Å². The summed E-state index contributed by atoms with van der Waals surface area (Å²) in [5, 5.41) is 0. The van der Waals surface area contributed by atoms with Crippen molar-refractivity contribution in [2.75, 3.05) is 5.75 Å². The molecule has 0 saturated carbocycles. The van der Waals surface area contributed by atoms with Gasteiger partial charge in [0.1, 0.15) is 0 Å². The zero-order valence-electron chi connectivity index (χ0n) is 7.79. The largest absolute Gasteiger partial charge is 0.401 e. The van der Waals surface area contributed by atoms with Crippen molar-refractivity contribution >= 4 is 24.4 Å². The SMILES string of the molecule is C=C/C(S)=C\C=C(\N)CSC(=C)C. The van der Waals surface area contributed by atoms with Gasteiger partial charge in [-0.25, -0.2) is 0 Å². The van der Waals surface area contributed by atoms with E-state index in [1.807, 2.05) is 19.1 Å². The third-order valence-electron chi connectivity index (χ3n) is 1.16. The Bertz CT molecular complexity index is 252. The highest BCUT2D eigenvalue weighted by Crippen LogP contribution is 2.13. The molecule has 3 heteroatoms. The van der Waals surface area contributed by atoms with Crippen LogP contribution in [0.2, 0.25) is 0 Å². The molecule has 0 aromatic rings. The van der Waals surface area contributed by atoms with Crippen molar-refractivity contribution in [3.8, 4) is 0 Å². The highest BCUT2D eigenvalue weighted by molar-refractivity contribution is 8.03. The van der Waals surface area contributed by atoms with Crippen molar-refractivity contribution in [3.05, 3.63) is 46.9 Å². The van der Waals surface area contributed by atoms with Gasteiger partial charge in [0.25, 0.3) is 0 Å². The van der Waals surface area contributed by atoms with E-state index in [-0.39, 0.29) is 0 Å². The highest BCUT2D eigenvalue weighted by Gasteiger charge is 1.90. The zero-order valence-corrected chi connectivity index (χ0v) is 9.50. The summed E-state index contributed by atoms with van der Waals surface area (Å²) < 4.78 is 0. The van der Waals surface area contributed by atoms with Crippen LogP contribution in [-0.4, -0.2) is 5.75 Å². The number of allylic oxidation sites excluding steroid dienone is 4. The Kier molecular flexibility index (Phi) is 6.63. The number of thioether (sulfide) groups is 1. The van der Waals surface area contributed by atoms with Gasteiger partial charge in [0, 0.05) is 16.4 Å². The maximum Gasteiger partial charge on any atom is 0.0374 e. The summed E-state index contributed by atoms with van der Waals surface area (Å²) in [6, 6.07) is 0. The van der Waals surface area contributed by atoms with E-state index in [2.05, 4.69) is 25.8 Å². The van der Waals surface area contributed by atoms with Crippen molar-refractivity contribution < 1.29 is 0 Å². The molecular formula is C10H15NS2. The first kappa shape index (κ1) is 12.5. The van der Waals surface area contributed by atoms with Crippen LogP contribution in [0.1, 0.15) is 6.92 Å². The third-order valence-corrected chi connectivity index (χ3v) is 2.46.